The van der Waals surface area contributed by atoms with E-state index in [2.05, 4.69) is 10.6 Å². The molecule has 124 valence electrons. The summed E-state index contributed by atoms with van der Waals surface area (Å²) in [6, 6.07) is 3.52. The van der Waals surface area contributed by atoms with Gasteiger partial charge in [0.15, 0.2) is 0 Å². The van der Waals surface area contributed by atoms with Gasteiger partial charge in [0.25, 0.3) is 0 Å². The summed E-state index contributed by atoms with van der Waals surface area (Å²) in [5.74, 6) is -0.0491. The lowest BCUT2D eigenvalue weighted by atomic mass is 9.95. The molecule has 6 heteroatoms. The molecule has 1 rings (SSSR count). The molecule has 3 N–H and O–H groups in total. The molecule has 0 saturated carbocycles. The quantitative estimate of drug-likeness (QED) is 0.723. The molecule has 0 radical (unpaired) electrons. The number of halogens is 1. The van der Waals surface area contributed by atoms with Crippen LogP contribution in [0.3, 0.4) is 0 Å². The Morgan fingerprint density at radius 1 is 1.45 bits per heavy atom. The Hall–Kier alpha value is -1.82. The number of amides is 2. The number of hydrogen-bond donors (Lipinski definition) is 3. The molecular weight excluding hydrogens is 287 g/mol. The van der Waals surface area contributed by atoms with E-state index in [9.17, 15) is 9.18 Å². The molecule has 0 aromatic heterocycles. The number of aliphatic hydroxyl groups excluding tert-OH is 1. The van der Waals surface area contributed by atoms with E-state index in [0.717, 1.165) is 0 Å². The van der Waals surface area contributed by atoms with Crippen LogP contribution in [0.4, 0.5) is 14.9 Å². The molecule has 0 aliphatic rings. The van der Waals surface area contributed by atoms with Gasteiger partial charge in [0.05, 0.1) is 11.8 Å². The number of hydrogen-bond acceptors (Lipinski definition) is 3. The average molecular weight is 312 g/mol. The number of urea groups is 1. The van der Waals surface area contributed by atoms with Crippen molar-refractivity contribution in [2.24, 2.45) is 0 Å². The molecule has 0 heterocycles. The predicted molar refractivity (Wildman–Crippen MR) is 84.7 cm³/mol. The first-order valence-corrected chi connectivity index (χ1v) is 7.46. The standard InChI is InChI=1S/C16H25FN2O3/c1-5-16(4,8-9-20)19-15(21)18-13-10-12(17)6-7-14(13)22-11(2)3/h6-7,10-11,20H,5,8-9H2,1-4H3,(H2,18,19,21). The van der Waals surface area contributed by atoms with Crippen molar-refractivity contribution < 1.29 is 19.0 Å². The summed E-state index contributed by atoms with van der Waals surface area (Å²) < 4.78 is 19.0. The largest absolute Gasteiger partial charge is 0.489 e. The second-order valence-electron chi connectivity index (χ2n) is 5.77. The molecule has 0 spiro atoms. The van der Waals surface area contributed by atoms with Crippen LogP contribution in [0.15, 0.2) is 18.2 Å². The molecule has 1 aromatic carbocycles. The highest BCUT2D eigenvalue weighted by molar-refractivity contribution is 5.91. The maximum absolute atomic E-state index is 13.4. The number of carbonyl (C=O) groups is 1. The summed E-state index contributed by atoms with van der Waals surface area (Å²) >= 11 is 0. The van der Waals surface area contributed by atoms with E-state index in [0.29, 0.717) is 18.6 Å². The third-order valence-electron chi connectivity index (χ3n) is 3.41. The van der Waals surface area contributed by atoms with Crippen molar-refractivity contribution in [2.45, 2.75) is 52.2 Å². The predicted octanol–water partition coefficient (Wildman–Crippen LogP) is 3.29. The fraction of sp³-hybridized carbons (Fsp3) is 0.562. The molecule has 1 unspecified atom stereocenters. The van der Waals surface area contributed by atoms with Crippen LogP contribution in [0, 0.1) is 5.82 Å². The van der Waals surface area contributed by atoms with Crippen molar-refractivity contribution in [3.8, 4) is 5.75 Å². The van der Waals surface area contributed by atoms with Crippen molar-refractivity contribution in [1.29, 1.82) is 0 Å². The number of aliphatic hydroxyl groups is 1. The Kier molecular flexibility index (Phi) is 6.61. The van der Waals surface area contributed by atoms with Crippen LogP contribution in [-0.2, 0) is 0 Å². The van der Waals surface area contributed by atoms with Gasteiger partial charge in [-0.25, -0.2) is 9.18 Å². The third kappa shape index (κ3) is 5.52. The number of carbonyl (C=O) groups excluding carboxylic acids is 1. The molecule has 22 heavy (non-hydrogen) atoms. The number of rotatable bonds is 7. The molecule has 5 nitrogen and oxygen atoms in total. The smallest absolute Gasteiger partial charge is 0.319 e. The molecule has 2 amide bonds. The Balaban J connectivity index is 2.85. The van der Waals surface area contributed by atoms with E-state index in [4.69, 9.17) is 9.84 Å². The van der Waals surface area contributed by atoms with Crippen molar-refractivity contribution in [3.63, 3.8) is 0 Å². The Labute approximate surface area is 130 Å². The molecule has 0 saturated heterocycles. The van der Waals surface area contributed by atoms with Crippen molar-refractivity contribution in [2.75, 3.05) is 11.9 Å². The highest BCUT2D eigenvalue weighted by Gasteiger charge is 2.24. The zero-order valence-electron chi connectivity index (χ0n) is 13.6. The van der Waals surface area contributed by atoms with E-state index in [1.807, 2.05) is 27.7 Å². The lowest BCUT2D eigenvalue weighted by Crippen LogP contribution is -2.48. The summed E-state index contributed by atoms with van der Waals surface area (Å²) in [6.45, 7) is 7.45. The number of benzene rings is 1. The van der Waals surface area contributed by atoms with Crippen LogP contribution in [0.25, 0.3) is 0 Å². The van der Waals surface area contributed by atoms with Crippen LogP contribution in [0.1, 0.15) is 40.5 Å². The van der Waals surface area contributed by atoms with Gasteiger partial charge in [-0.15, -0.1) is 0 Å². The van der Waals surface area contributed by atoms with Crippen LogP contribution < -0.4 is 15.4 Å². The molecule has 1 atom stereocenters. The SMILES string of the molecule is CCC(C)(CCO)NC(=O)Nc1cc(F)ccc1OC(C)C. The van der Waals surface area contributed by atoms with Gasteiger partial charge in [-0.2, -0.15) is 0 Å². The van der Waals surface area contributed by atoms with Gasteiger partial charge < -0.3 is 20.5 Å². The maximum Gasteiger partial charge on any atom is 0.319 e. The van der Waals surface area contributed by atoms with Gasteiger partial charge in [0.1, 0.15) is 11.6 Å². The van der Waals surface area contributed by atoms with Crippen LogP contribution in [0.2, 0.25) is 0 Å². The molecule has 0 fully saturated rings. The maximum atomic E-state index is 13.4. The summed E-state index contributed by atoms with van der Waals surface area (Å²) in [7, 11) is 0. The number of nitrogens with one attached hydrogen (secondary N) is 2. The summed E-state index contributed by atoms with van der Waals surface area (Å²) in [6.07, 6.45) is 1.01. The first-order valence-electron chi connectivity index (χ1n) is 7.46. The van der Waals surface area contributed by atoms with Crippen LogP contribution in [-0.4, -0.2) is 29.4 Å². The van der Waals surface area contributed by atoms with Crippen molar-refractivity contribution >= 4 is 11.7 Å². The highest BCUT2D eigenvalue weighted by Crippen LogP contribution is 2.26. The number of ether oxygens (including phenoxy) is 1. The fourth-order valence-electron chi connectivity index (χ4n) is 1.96. The minimum Gasteiger partial charge on any atom is -0.489 e. The van der Waals surface area contributed by atoms with E-state index in [-0.39, 0.29) is 18.4 Å². The van der Waals surface area contributed by atoms with E-state index in [1.54, 1.807) is 0 Å². The zero-order chi connectivity index (χ0) is 16.8. The molecule has 0 aliphatic carbocycles. The summed E-state index contributed by atoms with van der Waals surface area (Å²) in [4.78, 5) is 12.1. The average Bonchev–Trinajstić information content (AvgIpc) is 2.41. The van der Waals surface area contributed by atoms with Gasteiger partial charge in [-0.05, 0) is 45.7 Å². The Bertz CT molecular complexity index is 508. The van der Waals surface area contributed by atoms with Crippen LogP contribution in [0.5, 0.6) is 5.75 Å². The lowest BCUT2D eigenvalue weighted by molar-refractivity contribution is 0.207. The number of anilines is 1. The van der Waals surface area contributed by atoms with Crippen molar-refractivity contribution in [3.05, 3.63) is 24.0 Å². The molecular formula is C16H25FN2O3. The first kappa shape index (κ1) is 18.2. The molecule has 0 aliphatic heterocycles. The summed E-state index contributed by atoms with van der Waals surface area (Å²) in [5, 5.41) is 14.5. The fourth-order valence-corrected chi connectivity index (χ4v) is 1.96. The van der Waals surface area contributed by atoms with E-state index in [1.165, 1.54) is 18.2 Å². The third-order valence-corrected chi connectivity index (χ3v) is 3.41. The first-order chi connectivity index (χ1) is 10.3. The zero-order valence-corrected chi connectivity index (χ0v) is 13.6. The minimum absolute atomic E-state index is 0.0215. The van der Waals surface area contributed by atoms with Gasteiger partial charge in [-0.3, -0.25) is 0 Å². The van der Waals surface area contributed by atoms with Gasteiger partial charge in [0.2, 0.25) is 0 Å². The Morgan fingerprint density at radius 3 is 2.68 bits per heavy atom. The topological polar surface area (TPSA) is 70.6 Å². The molecule has 1 aromatic rings. The molecule has 0 bridgehead atoms. The monoisotopic (exact) mass is 312 g/mol. The lowest BCUT2D eigenvalue weighted by Gasteiger charge is -2.29. The normalized spacial score (nSPS) is 13.6. The van der Waals surface area contributed by atoms with E-state index < -0.39 is 17.4 Å². The second kappa shape index (κ2) is 7.98. The van der Waals surface area contributed by atoms with Crippen molar-refractivity contribution in [1.82, 2.24) is 5.32 Å². The van der Waals surface area contributed by atoms with E-state index >= 15 is 0 Å². The second-order valence-corrected chi connectivity index (χ2v) is 5.77. The van der Waals surface area contributed by atoms with Crippen LogP contribution >= 0.6 is 0 Å². The highest BCUT2D eigenvalue weighted by atomic mass is 19.1. The van der Waals surface area contributed by atoms with Gasteiger partial charge in [-0.1, -0.05) is 6.92 Å². The van der Waals surface area contributed by atoms with Gasteiger partial charge >= 0.3 is 6.03 Å². The van der Waals surface area contributed by atoms with Gasteiger partial charge in [0, 0.05) is 18.2 Å². The minimum atomic E-state index is -0.523. The Morgan fingerprint density at radius 2 is 2.14 bits per heavy atom. The summed E-state index contributed by atoms with van der Waals surface area (Å²) in [5.41, 5.74) is -0.251.